The molecule has 4 fully saturated rings. The van der Waals surface area contributed by atoms with E-state index >= 15 is 0 Å². The van der Waals surface area contributed by atoms with Gasteiger partial charge in [-0.05, 0) is 12.3 Å². The van der Waals surface area contributed by atoms with Crippen molar-refractivity contribution < 1.29 is 24.6 Å². The number of ketones is 1. The number of carbonyl (C=O) groups is 3. The summed E-state index contributed by atoms with van der Waals surface area (Å²) in [5.41, 5.74) is -1.23. The molecule has 4 aliphatic carbocycles. The monoisotopic (exact) mass is 196 g/mol. The fourth-order valence-corrected chi connectivity index (χ4v) is 3.73. The van der Waals surface area contributed by atoms with E-state index in [1.165, 1.54) is 0 Å². The molecule has 0 unspecified atom stereocenters. The number of carboxylic acids is 2. The average molecular weight is 196 g/mol. The zero-order valence-corrected chi connectivity index (χ0v) is 7.14. The largest absolute Gasteiger partial charge is 0.481 e. The van der Waals surface area contributed by atoms with Gasteiger partial charge in [0.2, 0.25) is 0 Å². The van der Waals surface area contributed by atoms with Crippen LogP contribution in [0.25, 0.3) is 0 Å². The van der Waals surface area contributed by atoms with Gasteiger partial charge in [0.25, 0.3) is 0 Å². The Morgan fingerprint density at radius 2 is 2.00 bits per heavy atom. The molecule has 4 bridgehead atoms. The molecular formula is C9H8O5. The average Bonchev–Trinajstić information content (AvgIpc) is 2.39. The van der Waals surface area contributed by atoms with Crippen LogP contribution in [0, 0.1) is 29.1 Å². The fourth-order valence-electron chi connectivity index (χ4n) is 3.73. The summed E-state index contributed by atoms with van der Waals surface area (Å²) in [7, 11) is 0. The van der Waals surface area contributed by atoms with E-state index in [2.05, 4.69) is 0 Å². The third-order valence-electron chi connectivity index (χ3n) is 4.15. The van der Waals surface area contributed by atoms with Crippen LogP contribution < -0.4 is 0 Å². The minimum Gasteiger partial charge on any atom is -0.481 e. The first kappa shape index (κ1) is 7.96. The molecule has 14 heavy (non-hydrogen) atoms. The maximum Gasteiger partial charge on any atom is 0.311 e. The second-order valence-electron chi connectivity index (χ2n) is 4.38. The van der Waals surface area contributed by atoms with Gasteiger partial charge in [-0.25, -0.2) is 0 Å². The number of rotatable bonds is 2. The van der Waals surface area contributed by atoms with Crippen LogP contribution in [0.5, 0.6) is 0 Å². The highest BCUT2D eigenvalue weighted by Gasteiger charge is 2.89. The normalized spacial score (nSPS) is 52.1. The number of hydrogen-bond acceptors (Lipinski definition) is 3. The van der Waals surface area contributed by atoms with Gasteiger partial charge in [0.1, 0.15) is 5.78 Å². The maximum atomic E-state index is 11.5. The molecule has 0 aromatic rings. The first-order valence-electron chi connectivity index (χ1n) is 4.52. The molecule has 74 valence electrons. The van der Waals surface area contributed by atoms with Crippen molar-refractivity contribution in [3.05, 3.63) is 0 Å². The molecule has 0 radical (unpaired) electrons. The molecule has 2 N–H and O–H groups in total. The molecule has 0 heterocycles. The predicted molar refractivity (Wildman–Crippen MR) is 41.3 cm³/mol. The lowest BCUT2D eigenvalue weighted by molar-refractivity contribution is -0.155. The molecule has 0 aliphatic heterocycles. The predicted octanol–water partition coefficient (Wildman–Crippen LogP) is -0.393. The molecule has 0 amide bonds. The summed E-state index contributed by atoms with van der Waals surface area (Å²) >= 11 is 0. The Labute approximate surface area is 78.7 Å². The minimum absolute atomic E-state index is 0.134. The minimum atomic E-state index is -1.23. The van der Waals surface area contributed by atoms with Gasteiger partial charge in [-0.2, -0.15) is 0 Å². The smallest absolute Gasteiger partial charge is 0.311 e. The summed E-state index contributed by atoms with van der Waals surface area (Å²) < 4.78 is 0. The topological polar surface area (TPSA) is 91.7 Å². The zero-order valence-electron chi connectivity index (χ0n) is 7.14. The molecule has 4 saturated carbocycles. The Balaban J connectivity index is 2.13. The van der Waals surface area contributed by atoms with E-state index in [-0.39, 0.29) is 11.7 Å². The summed E-state index contributed by atoms with van der Waals surface area (Å²) in [6, 6.07) is 0. The quantitative estimate of drug-likeness (QED) is 0.627. The molecule has 0 aromatic carbocycles. The fraction of sp³-hybridized carbons (Fsp3) is 0.667. The molecule has 5 nitrogen and oxygen atoms in total. The summed E-state index contributed by atoms with van der Waals surface area (Å²) in [5, 5.41) is 18.0. The van der Waals surface area contributed by atoms with Crippen molar-refractivity contribution in [2.24, 2.45) is 29.1 Å². The first-order valence-corrected chi connectivity index (χ1v) is 4.52. The van der Waals surface area contributed by atoms with E-state index in [9.17, 15) is 14.4 Å². The summed E-state index contributed by atoms with van der Waals surface area (Å²) in [4.78, 5) is 33.4. The zero-order chi connectivity index (χ0) is 10.2. The van der Waals surface area contributed by atoms with Gasteiger partial charge in [0.05, 0.1) is 11.3 Å². The second kappa shape index (κ2) is 1.85. The lowest BCUT2D eigenvalue weighted by Crippen LogP contribution is -2.31. The standard InChI is InChI=1S/C9H8O5/c10-6-2-1-3-5(6)9(3,8(13)14)4(2)7(11)12/h2-5H,1H2,(H,11,12)(H,13,14)/t2-,3+,4-,5+,9+/m1/s1. The molecule has 0 aromatic heterocycles. The highest BCUT2D eigenvalue weighted by atomic mass is 16.4. The van der Waals surface area contributed by atoms with Crippen LogP contribution in [0.15, 0.2) is 0 Å². The van der Waals surface area contributed by atoms with Crippen molar-refractivity contribution in [3.8, 4) is 0 Å². The van der Waals surface area contributed by atoms with Crippen LogP contribution in [0.3, 0.4) is 0 Å². The van der Waals surface area contributed by atoms with Crippen LogP contribution in [0.1, 0.15) is 6.42 Å². The summed E-state index contributed by atoms with van der Waals surface area (Å²) in [5.74, 6) is -4.56. The van der Waals surface area contributed by atoms with E-state index in [1.807, 2.05) is 0 Å². The third kappa shape index (κ3) is 0.492. The van der Waals surface area contributed by atoms with Crippen molar-refractivity contribution in [1.29, 1.82) is 0 Å². The van der Waals surface area contributed by atoms with Gasteiger partial charge in [0.15, 0.2) is 0 Å². The second-order valence-corrected chi connectivity index (χ2v) is 4.38. The van der Waals surface area contributed by atoms with Crippen molar-refractivity contribution in [2.45, 2.75) is 6.42 Å². The van der Waals surface area contributed by atoms with Gasteiger partial charge in [-0.3, -0.25) is 14.4 Å². The maximum absolute atomic E-state index is 11.5. The van der Waals surface area contributed by atoms with Gasteiger partial charge in [-0.1, -0.05) is 0 Å². The lowest BCUT2D eigenvalue weighted by atomic mass is 9.89. The number of carbonyl (C=O) groups excluding carboxylic acids is 1. The van der Waals surface area contributed by atoms with Crippen molar-refractivity contribution in [2.75, 3.05) is 0 Å². The molecule has 5 heteroatoms. The molecule has 0 spiro atoms. The summed E-state index contributed by atoms with van der Waals surface area (Å²) in [6.07, 6.45) is 0.465. The highest BCUT2D eigenvalue weighted by Crippen LogP contribution is 2.79. The Kier molecular flexibility index (Phi) is 1.05. The van der Waals surface area contributed by atoms with Crippen LogP contribution in [-0.4, -0.2) is 27.9 Å². The van der Waals surface area contributed by atoms with Gasteiger partial charge >= 0.3 is 11.9 Å². The first-order chi connectivity index (χ1) is 6.52. The SMILES string of the molecule is O=C1[C@@H]2[C@@H]3C[C@@H]1[C@H](C(=O)O)[C@]23C(=O)O. The van der Waals surface area contributed by atoms with Crippen LogP contribution in [-0.2, 0) is 14.4 Å². The molecule has 4 aliphatic rings. The van der Waals surface area contributed by atoms with Crippen LogP contribution >= 0.6 is 0 Å². The Hall–Kier alpha value is -1.39. The lowest BCUT2D eigenvalue weighted by Gasteiger charge is -2.13. The molecule has 4 rings (SSSR count). The molecule has 0 saturated heterocycles. The van der Waals surface area contributed by atoms with Crippen molar-refractivity contribution in [3.63, 3.8) is 0 Å². The Morgan fingerprint density at radius 1 is 1.36 bits per heavy atom. The number of Topliss-reactive ketones (excluding diaryl/α,β-unsaturated/α-hetero) is 1. The van der Waals surface area contributed by atoms with Crippen LogP contribution in [0.2, 0.25) is 0 Å². The molecular weight excluding hydrogens is 188 g/mol. The summed E-state index contributed by atoms with van der Waals surface area (Å²) in [6.45, 7) is 0. The Bertz CT molecular complexity index is 383. The van der Waals surface area contributed by atoms with Gasteiger partial charge in [-0.15, -0.1) is 0 Å². The number of aliphatic carboxylic acids is 2. The Morgan fingerprint density at radius 3 is 2.29 bits per heavy atom. The van der Waals surface area contributed by atoms with E-state index in [1.54, 1.807) is 0 Å². The van der Waals surface area contributed by atoms with Crippen molar-refractivity contribution >= 4 is 17.7 Å². The highest BCUT2D eigenvalue weighted by molar-refractivity contribution is 6.08. The van der Waals surface area contributed by atoms with E-state index in [0.717, 1.165) is 0 Å². The third-order valence-corrected chi connectivity index (χ3v) is 4.15. The molecule has 5 atom stereocenters. The van der Waals surface area contributed by atoms with E-state index < -0.39 is 35.1 Å². The van der Waals surface area contributed by atoms with Crippen molar-refractivity contribution in [1.82, 2.24) is 0 Å². The van der Waals surface area contributed by atoms with Gasteiger partial charge < -0.3 is 10.2 Å². The van der Waals surface area contributed by atoms with Crippen LogP contribution in [0.4, 0.5) is 0 Å². The van der Waals surface area contributed by atoms with Gasteiger partial charge in [0, 0.05) is 11.8 Å². The number of carboxylic acid groups (broad SMARTS) is 2. The van der Waals surface area contributed by atoms with E-state index in [4.69, 9.17) is 10.2 Å². The number of hydrogen-bond donors (Lipinski definition) is 2. The van der Waals surface area contributed by atoms with E-state index in [0.29, 0.717) is 6.42 Å².